The fourth-order valence-corrected chi connectivity index (χ4v) is 2.04. The Bertz CT molecular complexity index is 318. The van der Waals surface area contributed by atoms with Crippen molar-refractivity contribution in [1.29, 1.82) is 0 Å². The molecule has 0 heterocycles. The molecule has 0 aliphatic carbocycles. The predicted molar refractivity (Wildman–Crippen MR) is 69.9 cm³/mol. The Balaban J connectivity index is 2.94. The molecular formula is C13H22N2O. The second kappa shape index (κ2) is 5.75. The molecule has 3 heteroatoms. The van der Waals surface area contributed by atoms with E-state index in [0.29, 0.717) is 6.04 Å². The molecule has 0 fully saturated rings. The third kappa shape index (κ3) is 3.14. The zero-order valence-electron chi connectivity index (χ0n) is 10.7. The van der Waals surface area contributed by atoms with E-state index in [1.54, 1.807) is 7.11 Å². The van der Waals surface area contributed by atoms with Crippen LogP contribution in [0.1, 0.15) is 19.4 Å². The van der Waals surface area contributed by atoms with Gasteiger partial charge in [0.15, 0.2) is 0 Å². The average Bonchev–Trinajstić information content (AvgIpc) is 2.17. The number of nitrogen functional groups attached to an aromatic ring is 1. The average molecular weight is 222 g/mol. The molecule has 0 aliphatic rings. The number of likely N-dealkylation sites (N-methyl/N-ethyl adjacent to an activating group) is 1. The summed E-state index contributed by atoms with van der Waals surface area (Å²) in [5.74, 6) is 0. The molecule has 16 heavy (non-hydrogen) atoms. The van der Waals surface area contributed by atoms with Crippen molar-refractivity contribution in [3.05, 3.63) is 23.8 Å². The summed E-state index contributed by atoms with van der Waals surface area (Å²) in [6.07, 6.45) is 0. The molecule has 0 spiro atoms. The quantitative estimate of drug-likeness (QED) is 0.778. The van der Waals surface area contributed by atoms with E-state index in [2.05, 4.69) is 31.7 Å². The van der Waals surface area contributed by atoms with Crippen LogP contribution in [0.4, 0.5) is 11.4 Å². The maximum Gasteiger partial charge on any atom is 0.0663 e. The minimum atomic E-state index is 0.358. The van der Waals surface area contributed by atoms with Gasteiger partial charge in [0, 0.05) is 31.1 Å². The number of anilines is 2. The lowest BCUT2D eigenvalue weighted by atomic mass is 10.1. The van der Waals surface area contributed by atoms with Crippen molar-refractivity contribution in [2.24, 2.45) is 0 Å². The first-order chi connectivity index (χ1) is 7.58. The summed E-state index contributed by atoms with van der Waals surface area (Å²) in [5, 5.41) is 0. The molecule has 1 aromatic carbocycles. The van der Waals surface area contributed by atoms with Crippen molar-refractivity contribution >= 4 is 11.4 Å². The fraction of sp³-hybridized carbons (Fsp3) is 0.538. The predicted octanol–water partition coefficient (Wildman–Crippen LogP) is 2.44. The van der Waals surface area contributed by atoms with Crippen molar-refractivity contribution < 1.29 is 4.74 Å². The van der Waals surface area contributed by atoms with Crippen molar-refractivity contribution in [3.8, 4) is 0 Å². The highest BCUT2D eigenvalue weighted by Crippen LogP contribution is 2.22. The Morgan fingerprint density at radius 2 is 2.06 bits per heavy atom. The number of rotatable bonds is 5. The van der Waals surface area contributed by atoms with Crippen molar-refractivity contribution in [1.82, 2.24) is 0 Å². The van der Waals surface area contributed by atoms with Crippen LogP contribution in [0.3, 0.4) is 0 Å². The van der Waals surface area contributed by atoms with Crippen molar-refractivity contribution in [2.45, 2.75) is 26.8 Å². The molecule has 1 aromatic rings. The van der Waals surface area contributed by atoms with E-state index in [9.17, 15) is 0 Å². The zero-order chi connectivity index (χ0) is 12.1. The summed E-state index contributed by atoms with van der Waals surface area (Å²) in [7, 11) is 1.73. The number of hydrogen-bond acceptors (Lipinski definition) is 3. The minimum absolute atomic E-state index is 0.358. The summed E-state index contributed by atoms with van der Waals surface area (Å²) in [5.41, 5.74) is 9.05. The second-order valence-corrected chi connectivity index (χ2v) is 4.19. The lowest BCUT2D eigenvalue weighted by molar-refractivity contribution is 0.182. The Morgan fingerprint density at radius 1 is 1.38 bits per heavy atom. The van der Waals surface area contributed by atoms with Crippen LogP contribution < -0.4 is 10.6 Å². The maximum atomic E-state index is 5.87. The number of nitrogens with two attached hydrogens (primary N) is 1. The first-order valence-electron chi connectivity index (χ1n) is 5.71. The Hall–Kier alpha value is -1.22. The molecule has 0 amide bonds. The van der Waals surface area contributed by atoms with Gasteiger partial charge >= 0.3 is 0 Å². The molecule has 3 nitrogen and oxygen atoms in total. The largest absolute Gasteiger partial charge is 0.399 e. The van der Waals surface area contributed by atoms with Gasteiger partial charge in [-0.25, -0.2) is 0 Å². The highest BCUT2D eigenvalue weighted by molar-refractivity contribution is 5.58. The van der Waals surface area contributed by atoms with E-state index < -0.39 is 0 Å². The molecule has 1 unspecified atom stereocenters. The molecule has 0 saturated heterocycles. The number of nitrogens with zero attached hydrogens (tertiary/aromatic N) is 1. The second-order valence-electron chi connectivity index (χ2n) is 4.19. The molecule has 1 rings (SSSR count). The van der Waals surface area contributed by atoms with Crippen LogP contribution >= 0.6 is 0 Å². The standard InChI is InChI=1S/C13H22N2O/c1-5-15(11(3)9-16-4)13-7-10(2)6-12(14)8-13/h6-8,11H,5,9,14H2,1-4H3. The Labute approximate surface area is 98.2 Å². The summed E-state index contributed by atoms with van der Waals surface area (Å²) in [6.45, 7) is 8.04. The molecule has 0 saturated carbocycles. The third-order valence-corrected chi connectivity index (χ3v) is 2.70. The molecule has 0 aromatic heterocycles. The van der Waals surface area contributed by atoms with Crippen LogP contribution in [0.15, 0.2) is 18.2 Å². The van der Waals surface area contributed by atoms with Crippen LogP contribution in [0.25, 0.3) is 0 Å². The Morgan fingerprint density at radius 3 is 2.56 bits per heavy atom. The van der Waals surface area contributed by atoms with Gasteiger partial charge in [-0.05, 0) is 44.5 Å². The van der Waals surface area contributed by atoms with Crippen molar-refractivity contribution in [3.63, 3.8) is 0 Å². The van der Waals surface area contributed by atoms with Gasteiger partial charge in [-0.3, -0.25) is 0 Å². The molecule has 2 N–H and O–H groups in total. The highest BCUT2D eigenvalue weighted by atomic mass is 16.5. The normalized spacial score (nSPS) is 12.5. The third-order valence-electron chi connectivity index (χ3n) is 2.70. The van der Waals surface area contributed by atoms with E-state index in [0.717, 1.165) is 18.8 Å². The fourth-order valence-electron chi connectivity index (χ4n) is 2.04. The van der Waals surface area contributed by atoms with Gasteiger partial charge in [-0.1, -0.05) is 0 Å². The Kier molecular flexibility index (Phi) is 4.62. The van der Waals surface area contributed by atoms with E-state index in [-0.39, 0.29) is 0 Å². The van der Waals surface area contributed by atoms with Gasteiger partial charge in [0.25, 0.3) is 0 Å². The SMILES string of the molecule is CCN(c1cc(C)cc(N)c1)C(C)COC. The van der Waals surface area contributed by atoms with Crippen LogP contribution in [0, 0.1) is 6.92 Å². The molecule has 0 aliphatic heterocycles. The lowest BCUT2D eigenvalue weighted by Crippen LogP contribution is -2.36. The van der Waals surface area contributed by atoms with Gasteiger partial charge in [0.05, 0.1) is 6.61 Å². The highest BCUT2D eigenvalue weighted by Gasteiger charge is 2.13. The number of ether oxygens (including phenoxy) is 1. The van der Waals surface area contributed by atoms with Crippen LogP contribution in [-0.2, 0) is 4.74 Å². The molecule has 1 atom stereocenters. The summed E-state index contributed by atoms with van der Waals surface area (Å²) in [4.78, 5) is 2.30. The zero-order valence-corrected chi connectivity index (χ0v) is 10.7. The molecule has 0 bridgehead atoms. The minimum Gasteiger partial charge on any atom is -0.399 e. The van der Waals surface area contributed by atoms with Crippen molar-refractivity contribution in [2.75, 3.05) is 30.9 Å². The van der Waals surface area contributed by atoms with Gasteiger partial charge in [-0.2, -0.15) is 0 Å². The number of hydrogen-bond donors (Lipinski definition) is 1. The first-order valence-corrected chi connectivity index (χ1v) is 5.71. The van der Waals surface area contributed by atoms with Gasteiger partial charge in [0.1, 0.15) is 0 Å². The van der Waals surface area contributed by atoms with Crippen LogP contribution in [-0.4, -0.2) is 26.3 Å². The summed E-state index contributed by atoms with van der Waals surface area (Å²) < 4.78 is 5.20. The number of aryl methyl sites for hydroxylation is 1. The van der Waals surface area contributed by atoms with E-state index in [1.807, 2.05) is 12.1 Å². The van der Waals surface area contributed by atoms with E-state index in [1.165, 1.54) is 11.3 Å². The maximum absolute atomic E-state index is 5.87. The molecular weight excluding hydrogens is 200 g/mol. The van der Waals surface area contributed by atoms with Gasteiger partial charge in [-0.15, -0.1) is 0 Å². The molecule has 0 radical (unpaired) electrons. The topological polar surface area (TPSA) is 38.5 Å². The van der Waals surface area contributed by atoms with Crippen LogP contribution in [0.5, 0.6) is 0 Å². The van der Waals surface area contributed by atoms with Crippen LogP contribution in [0.2, 0.25) is 0 Å². The summed E-state index contributed by atoms with van der Waals surface area (Å²) in [6, 6.07) is 6.52. The smallest absolute Gasteiger partial charge is 0.0663 e. The monoisotopic (exact) mass is 222 g/mol. The number of methoxy groups -OCH3 is 1. The van der Waals surface area contributed by atoms with E-state index >= 15 is 0 Å². The molecule has 90 valence electrons. The first kappa shape index (κ1) is 12.8. The number of benzene rings is 1. The van der Waals surface area contributed by atoms with Gasteiger partial charge in [0.2, 0.25) is 0 Å². The lowest BCUT2D eigenvalue weighted by Gasteiger charge is -2.30. The summed E-state index contributed by atoms with van der Waals surface area (Å²) >= 11 is 0. The van der Waals surface area contributed by atoms with E-state index in [4.69, 9.17) is 10.5 Å². The van der Waals surface area contributed by atoms with Gasteiger partial charge < -0.3 is 15.4 Å².